The van der Waals surface area contributed by atoms with E-state index in [4.69, 9.17) is 15.8 Å². The quantitative estimate of drug-likeness (QED) is 0.333. The first kappa shape index (κ1) is 20.9. The van der Waals surface area contributed by atoms with Crippen LogP contribution >= 0.6 is 0 Å². The molecule has 0 aliphatic rings. The van der Waals surface area contributed by atoms with Gasteiger partial charge in [-0.25, -0.2) is 13.5 Å². The van der Waals surface area contributed by atoms with Crippen molar-refractivity contribution in [1.82, 2.24) is 25.5 Å². The van der Waals surface area contributed by atoms with Crippen LogP contribution in [0, 0.1) is 11.6 Å². The number of unbranched alkanes of at least 4 members (excludes halogenated alkanes) is 1. The number of rotatable bonds is 10. The molecule has 2 rings (SSSR count). The van der Waals surface area contributed by atoms with Crippen molar-refractivity contribution in [3.8, 4) is 0 Å². The summed E-state index contributed by atoms with van der Waals surface area (Å²) < 4.78 is 27.7. The molecule has 1 aromatic carbocycles. The molecule has 146 valence electrons. The molecule has 2 aromatic rings. The Kier molecular flexibility index (Phi) is 7.76. The van der Waals surface area contributed by atoms with Gasteiger partial charge in [0, 0.05) is 18.2 Å². The molecule has 0 aliphatic carbocycles. The number of carbonyl (C=O) groups excluding carboxylic acids is 1. The van der Waals surface area contributed by atoms with Crippen molar-refractivity contribution in [3.05, 3.63) is 41.2 Å². The number of nitrogens with one attached hydrogen (secondary N) is 1. The standard InChI is InChI=1S/C15H21BF2N6O3/c17-11-5-4-10(12(18)7-11)8-20-14(25)9-24-15(21-22-23-24)13(19)3-1-2-6-16(26)27/h4-5,7,13,26-27H,1-3,6,8-9,19H2,(H,20,25). The van der Waals surface area contributed by atoms with E-state index in [1.54, 1.807) is 0 Å². The normalized spacial score (nSPS) is 12.0. The van der Waals surface area contributed by atoms with Crippen LogP contribution in [-0.2, 0) is 17.9 Å². The zero-order chi connectivity index (χ0) is 19.8. The second kappa shape index (κ2) is 10.0. The number of tetrazole rings is 1. The first-order chi connectivity index (χ1) is 12.9. The molecular formula is C15H21BF2N6O3. The lowest BCUT2D eigenvalue weighted by Crippen LogP contribution is -2.30. The number of halogens is 2. The SMILES string of the molecule is NC(CCCCB(O)O)c1nnnn1CC(=O)NCc1ccc(F)cc1F. The Morgan fingerprint density at radius 3 is 2.81 bits per heavy atom. The zero-order valence-corrected chi connectivity index (χ0v) is 14.6. The van der Waals surface area contributed by atoms with Gasteiger partial charge in [-0.15, -0.1) is 5.10 Å². The molecule has 27 heavy (non-hydrogen) atoms. The number of benzene rings is 1. The second-order valence-corrected chi connectivity index (χ2v) is 6.08. The molecule has 1 aromatic heterocycles. The lowest BCUT2D eigenvalue weighted by atomic mass is 9.83. The third-order valence-corrected chi connectivity index (χ3v) is 3.90. The van der Waals surface area contributed by atoms with Crippen molar-refractivity contribution in [3.63, 3.8) is 0 Å². The molecule has 1 heterocycles. The van der Waals surface area contributed by atoms with Crippen LogP contribution in [0.3, 0.4) is 0 Å². The fourth-order valence-electron chi connectivity index (χ4n) is 2.46. The Morgan fingerprint density at radius 2 is 2.11 bits per heavy atom. The van der Waals surface area contributed by atoms with Gasteiger partial charge in [0.05, 0.1) is 6.04 Å². The maximum atomic E-state index is 13.6. The maximum Gasteiger partial charge on any atom is 0.451 e. The summed E-state index contributed by atoms with van der Waals surface area (Å²) >= 11 is 0. The minimum Gasteiger partial charge on any atom is -0.427 e. The Hall–Kier alpha value is -2.44. The topological polar surface area (TPSA) is 139 Å². The largest absolute Gasteiger partial charge is 0.451 e. The van der Waals surface area contributed by atoms with Crippen molar-refractivity contribution in [2.24, 2.45) is 5.73 Å². The van der Waals surface area contributed by atoms with E-state index in [0.717, 1.165) is 12.1 Å². The van der Waals surface area contributed by atoms with Crippen LogP contribution in [-0.4, -0.2) is 43.3 Å². The number of nitrogens with zero attached hydrogens (tertiary/aromatic N) is 4. The van der Waals surface area contributed by atoms with Crippen molar-refractivity contribution < 1.29 is 23.6 Å². The van der Waals surface area contributed by atoms with E-state index in [0.29, 0.717) is 25.1 Å². The molecule has 12 heteroatoms. The average Bonchev–Trinajstić information content (AvgIpc) is 3.05. The molecular weight excluding hydrogens is 361 g/mol. The van der Waals surface area contributed by atoms with Gasteiger partial charge in [-0.3, -0.25) is 4.79 Å². The van der Waals surface area contributed by atoms with Crippen LogP contribution in [0.2, 0.25) is 6.32 Å². The smallest absolute Gasteiger partial charge is 0.427 e. The summed E-state index contributed by atoms with van der Waals surface area (Å²) in [5.41, 5.74) is 6.18. The highest BCUT2D eigenvalue weighted by Crippen LogP contribution is 2.15. The molecule has 0 spiro atoms. The highest BCUT2D eigenvalue weighted by atomic mass is 19.1. The predicted molar refractivity (Wildman–Crippen MR) is 91.8 cm³/mol. The highest BCUT2D eigenvalue weighted by Gasteiger charge is 2.17. The fraction of sp³-hybridized carbons (Fsp3) is 0.467. The molecule has 9 nitrogen and oxygen atoms in total. The summed E-state index contributed by atoms with van der Waals surface area (Å²) in [7, 11) is -1.35. The number of nitrogens with two attached hydrogens (primary N) is 1. The van der Waals surface area contributed by atoms with Crippen LogP contribution < -0.4 is 11.1 Å². The van der Waals surface area contributed by atoms with Gasteiger partial charge in [0.25, 0.3) is 0 Å². The molecule has 0 saturated carbocycles. The van der Waals surface area contributed by atoms with Gasteiger partial charge in [-0.05, 0) is 29.2 Å². The summed E-state index contributed by atoms with van der Waals surface area (Å²) in [4.78, 5) is 12.1. The van der Waals surface area contributed by atoms with E-state index in [1.165, 1.54) is 10.7 Å². The van der Waals surface area contributed by atoms with E-state index in [2.05, 4.69) is 20.8 Å². The third-order valence-electron chi connectivity index (χ3n) is 3.90. The fourth-order valence-corrected chi connectivity index (χ4v) is 2.46. The summed E-state index contributed by atoms with van der Waals surface area (Å²) in [6.45, 7) is -0.299. The number of hydrogen-bond acceptors (Lipinski definition) is 7. The van der Waals surface area contributed by atoms with Gasteiger partial charge in [0.2, 0.25) is 5.91 Å². The summed E-state index contributed by atoms with van der Waals surface area (Å²) in [5, 5.41) is 31.2. The molecule has 0 fully saturated rings. The molecule has 1 amide bonds. The third kappa shape index (κ3) is 6.66. The van der Waals surface area contributed by atoms with Crippen molar-refractivity contribution in [2.75, 3.05) is 0 Å². The van der Waals surface area contributed by atoms with E-state index in [-0.39, 0.29) is 25.0 Å². The van der Waals surface area contributed by atoms with Gasteiger partial charge in [0.15, 0.2) is 5.82 Å². The lowest BCUT2D eigenvalue weighted by Gasteiger charge is -2.12. The van der Waals surface area contributed by atoms with Gasteiger partial charge in [-0.1, -0.05) is 18.9 Å². The second-order valence-electron chi connectivity index (χ2n) is 6.08. The molecule has 0 radical (unpaired) electrons. The van der Waals surface area contributed by atoms with Gasteiger partial charge in [-0.2, -0.15) is 0 Å². The monoisotopic (exact) mass is 382 g/mol. The Morgan fingerprint density at radius 1 is 1.33 bits per heavy atom. The molecule has 0 bridgehead atoms. The maximum absolute atomic E-state index is 13.6. The minimum absolute atomic E-state index is 0.0993. The van der Waals surface area contributed by atoms with Gasteiger partial charge < -0.3 is 21.1 Å². The van der Waals surface area contributed by atoms with E-state index >= 15 is 0 Å². The Bertz CT molecular complexity index is 761. The molecule has 5 N–H and O–H groups in total. The first-order valence-electron chi connectivity index (χ1n) is 8.45. The predicted octanol–water partition coefficient (Wildman–Crippen LogP) is -0.0894. The lowest BCUT2D eigenvalue weighted by molar-refractivity contribution is -0.122. The zero-order valence-electron chi connectivity index (χ0n) is 14.6. The Balaban J connectivity index is 1.84. The van der Waals surface area contributed by atoms with Crippen LogP contribution in [0.4, 0.5) is 8.78 Å². The highest BCUT2D eigenvalue weighted by molar-refractivity contribution is 6.40. The van der Waals surface area contributed by atoms with Crippen LogP contribution in [0.5, 0.6) is 0 Å². The number of carbonyl (C=O) groups is 1. The number of aromatic nitrogens is 4. The number of hydrogen-bond donors (Lipinski definition) is 4. The summed E-state index contributed by atoms with van der Waals surface area (Å²) in [6.07, 6.45) is 1.98. The van der Waals surface area contributed by atoms with Crippen LogP contribution in [0.15, 0.2) is 18.2 Å². The van der Waals surface area contributed by atoms with Crippen molar-refractivity contribution in [1.29, 1.82) is 0 Å². The van der Waals surface area contributed by atoms with E-state index < -0.39 is 30.7 Å². The number of amides is 1. The van der Waals surface area contributed by atoms with Crippen molar-refractivity contribution in [2.45, 2.75) is 44.7 Å². The minimum atomic E-state index is -1.35. The summed E-state index contributed by atoms with van der Waals surface area (Å²) in [6, 6.07) is 2.60. The first-order valence-corrected chi connectivity index (χ1v) is 8.45. The van der Waals surface area contributed by atoms with Gasteiger partial charge >= 0.3 is 7.12 Å². The van der Waals surface area contributed by atoms with E-state index in [9.17, 15) is 13.6 Å². The summed E-state index contributed by atoms with van der Waals surface area (Å²) in [5.74, 6) is -1.57. The molecule has 0 saturated heterocycles. The van der Waals surface area contributed by atoms with Crippen LogP contribution in [0.1, 0.15) is 36.7 Å². The molecule has 1 atom stereocenters. The van der Waals surface area contributed by atoms with E-state index in [1.807, 2.05) is 0 Å². The van der Waals surface area contributed by atoms with Crippen molar-refractivity contribution >= 4 is 13.0 Å². The van der Waals surface area contributed by atoms with Gasteiger partial charge in [0.1, 0.15) is 18.2 Å². The molecule has 0 aliphatic heterocycles. The Labute approximate surface area is 154 Å². The van der Waals surface area contributed by atoms with Crippen LogP contribution in [0.25, 0.3) is 0 Å². The molecule has 1 unspecified atom stereocenters. The average molecular weight is 382 g/mol.